The Morgan fingerprint density at radius 2 is 1.13 bits per heavy atom. The normalized spacial score (nSPS) is 12.0. The van der Waals surface area contributed by atoms with Gasteiger partial charge in [-0.25, -0.2) is 0 Å². The maximum atomic E-state index is 5.46. The Morgan fingerprint density at radius 3 is 1.91 bits per heavy atom. The number of hydrogen-bond acceptors (Lipinski definition) is 1. The van der Waals surface area contributed by atoms with Gasteiger partial charge in [-0.05, 0) is 115 Å². The maximum Gasteiger partial charge on any atom is 0.119 e. The van der Waals surface area contributed by atoms with Crippen LogP contribution in [0, 0.1) is 6.92 Å². The van der Waals surface area contributed by atoms with Gasteiger partial charge in [0.2, 0.25) is 0 Å². The van der Waals surface area contributed by atoms with E-state index >= 15 is 0 Å². The van der Waals surface area contributed by atoms with Crippen LogP contribution in [0.3, 0.4) is 0 Å². The van der Waals surface area contributed by atoms with Crippen molar-refractivity contribution in [2.24, 2.45) is 0 Å². The summed E-state index contributed by atoms with van der Waals surface area (Å²) in [5.41, 5.74) is 12.7. The molecule has 0 saturated heterocycles. The molecule has 7 aromatic carbocycles. The Morgan fingerprint density at radius 1 is 0.533 bits per heavy atom. The Labute approximate surface area is 266 Å². The molecule has 0 saturated carbocycles. The van der Waals surface area contributed by atoms with Crippen LogP contribution in [0.5, 0.6) is 5.75 Å². The maximum absolute atomic E-state index is 5.46. The molecule has 45 heavy (non-hydrogen) atoms. The fourth-order valence-corrected chi connectivity index (χ4v) is 6.91. The van der Waals surface area contributed by atoms with E-state index in [4.69, 9.17) is 4.74 Å². The van der Waals surface area contributed by atoms with Crippen molar-refractivity contribution in [1.82, 2.24) is 0 Å². The van der Waals surface area contributed by atoms with E-state index in [0.29, 0.717) is 5.92 Å². The zero-order valence-electron chi connectivity index (χ0n) is 26.5. The second-order valence-electron chi connectivity index (χ2n) is 12.1. The molecule has 0 aliphatic heterocycles. The molecule has 1 heteroatoms. The lowest BCUT2D eigenvalue weighted by molar-refractivity contribution is 0.415. The highest BCUT2D eigenvalue weighted by molar-refractivity contribution is 6.14. The van der Waals surface area contributed by atoms with Crippen LogP contribution in [0.25, 0.3) is 66.1 Å². The third kappa shape index (κ3) is 5.29. The first-order valence-electron chi connectivity index (χ1n) is 16.0. The zero-order valence-corrected chi connectivity index (χ0v) is 26.5. The van der Waals surface area contributed by atoms with Crippen LogP contribution in [0.15, 0.2) is 140 Å². The molecule has 0 amide bonds. The molecular formula is C44H38O. The minimum atomic E-state index is 0.409. The first-order chi connectivity index (χ1) is 22.1. The predicted octanol–water partition coefficient (Wildman–Crippen LogP) is 12.5. The van der Waals surface area contributed by atoms with Crippen molar-refractivity contribution in [3.8, 4) is 50.3 Å². The summed E-state index contributed by atoms with van der Waals surface area (Å²) >= 11 is 0. The zero-order chi connectivity index (χ0) is 30.9. The van der Waals surface area contributed by atoms with Gasteiger partial charge in [0.05, 0.1) is 7.11 Å². The highest BCUT2D eigenvalue weighted by atomic mass is 16.5. The number of methoxy groups -OCH3 is 1. The summed E-state index contributed by atoms with van der Waals surface area (Å²) in [5, 5.41) is 5.28. The average Bonchev–Trinajstić information content (AvgIpc) is 3.11. The van der Waals surface area contributed by atoms with Crippen LogP contribution in [-0.4, -0.2) is 7.11 Å². The second-order valence-corrected chi connectivity index (χ2v) is 12.1. The van der Waals surface area contributed by atoms with Crippen LogP contribution in [-0.2, 0) is 0 Å². The van der Waals surface area contributed by atoms with E-state index in [1.54, 1.807) is 7.11 Å². The van der Waals surface area contributed by atoms with Crippen LogP contribution in [0.1, 0.15) is 37.3 Å². The van der Waals surface area contributed by atoms with E-state index in [2.05, 4.69) is 148 Å². The standard InChI is InChI=1S/C44H38O/c1-5-29(2)43-39(18-10-20-41(43)42-21-11-19-40-38-17-7-6-12-36(38)26-30(3)44(40)42)32-24-22-31(23-25-32)33-13-8-14-34(27-33)35-15-9-16-37(28-35)45-4/h6-29H,5H2,1-4H3. The molecular weight excluding hydrogens is 544 g/mol. The number of aryl methyl sites for hydroxylation is 1. The molecule has 1 nitrogen and oxygen atoms in total. The van der Waals surface area contributed by atoms with E-state index in [0.717, 1.165) is 17.7 Å². The molecule has 0 heterocycles. The van der Waals surface area contributed by atoms with Gasteiger partial charge in [-0.3, -0.25) is 0 Å². The van der Waals surface area contributed by atoms with Gasteiger partial charge < -0.3 is 4.74 Å². The van der Waals surface area contributed by atoms with Crippen LogP contribution in [0.2, 0.25) is 0 Å². The summed E-state index contributed by atoms with van der Waals surface area (Å²) in [6.45, 7) is 6.92. The summed E-state index contributed by atoms with van der Waals surface area (Å²) in [7, 11) is 1.71. The third-order valence-electron chi connectivity index (χ3n) is 9.38. The first kappa shape index (κ1) is 28.6. The Kier molecular flexibility index (Phi) is 7.69. The highest BCUT2D eigenvalue weighted by Gasteiger charge is 2.19. The third-order valence-corrected chi connectivity index (χ3v) is 9.38. The van der Waals surface area contributed by atoms with Gasteiger partial charge in [0.15, 0.2) is 0 Å². The van der Waals surface area contributed by atoms with Gasteiger partial charge >= 0.3 is 0 Å². The van der Waals surface area contributed by atoms with Gasteiger partial charge in [-0.15, -0.1) is 0 Å². The fourth-order valence-electron chi connectivity index (χ4n) is 6.91. The molecule has 220 valence electrons. The topological polar surface area (TPSA) is 9.23 Å². The fraction of sp³-hybridized carbons (Fsp3) is 0.136. The smallest absolute Gasteiger partial charge is 0.119 e. The molecule has 1 unspecified atom stereocenters. The molecule has 0 spiro atoms. The molecule has 7 aromatic rings. The van der Waals surface area contributed by atoms with E-state index in [1.807, 2.05) is 12.1 Å². The lowest BCUT2D eigenvalue weighted by Crippen LogP contribution is -2.00. The molecule has 0 radical (unpaired) electrons. The van der Waals surface area contributed by atoms with E-state index in [-0.39, 0.29) is 0 Å². The second kappa shape index (κ2) is 12.1. The van der Waals surface area contributed by atoms with Crippen molar-refractivity contribution in [3.05, 3.63) is 151 Å². The number of fused-ring (bicyclic) bond motifs is 3. The van der Waals surface area contributed by atoms with Crippen molar-refractivity contribution in [2.45, 2.75) is 33.1 Å². The molecule has 0 aliphatic rings. The number of benzene rings is 7. The number of rotatable bonds is 7. The van der Waals surface area contributed by atoms with E-state index in [1.165, 1.54) is 71.6 Å². The molecule has 0 N–H and O–H groups in total. The van der Waals surface area contributed by atoms with Crippen molar-refractivity contribution in [3.63, 3.8) is 0 Å². The SMILES string of the molecule is CCC(C)c1c(-c2ccc(-c3cccc(-c4cccc(OC)c4)c3)cc2)cccc1-c1cccc2c1c(C)cc1ccccc12. The minimum Gasteiger partial charge on any atom is -0.497 e. The summed E-state index contributed by atoms with van der Waals surface area (Å²) in [4.78, 5) is 0. The molecule has 7 rings (SSSR count). The van der Waals surface area contributed by atoms with Crippen molar-refractivity contribution >= 4 is 21.5 Å². The number of ether oxygens (including phenoxy) is 1. The lowest BCUT2D eigenvalue weighted by atomic mass is 9.82. The summed E-state index contributed by atoms with van der Waals surface area (Å²) in [6.07, 6.45) is 1.08. The number of hydrogen-bond donors (Lipinski definition) is 0. The van der Waals surface area contributed by atoms with Gasteiger partial charge in [0.25, 0.3) is 0 Å². The quantitative estimate of drug-likeness (QED) is 0.170. The predicted molar refractivity (Wildman–Crippen MR) is 193 cm³/mol. The van der Waals surface area contributed by atoms with Crippen molar-refractivity contribution in [2.75, 3.05) is 7.11 Å². The molecule has 0 aliphatic carbocycles. The summed E-state index contributed by atoms with van der Waals surface area (Å²) in [5.74, 6) is 1.28. The minimum absolute atomic E-state index is 0.409. The largest absolute Gasteiger partial charge is 0.497 e. The van der Waals surface area contributed by atoms with Crippen LogP contribution >= 0.6 is 0 Å². The summed E-state index contributed by atoms with van der Waals surface area (Å²) < 4.78 is 5.46. The van der Waals surface area contributed by atoms with Crippen LogP contribution < -0.4 is 4.74 Å². The molecule has 0 aromatic heterocycles. The van der Waals surface area contributed by atoms with Gasteiger partial charge in [0, 0.05) is 0 Å². The molecule has 0 bridgehead atoms. The molecule has 1 atom stereocenters. The van der Waals surface area contributed by atoms with Gasteiger partial charge in [-0.1, -0.05) is 135 Å². The van der Waals surface area contributed by atoms with Crippen molar-refractivity contribution < 1.29 is 4.74 Å². The average molecular weight is 583 g/mol. The van der Waals surface area contributed by atoms with Crippen LogP contribution in [0.4, 0.5) is 0 Å². The summed E-state index contributed by atoms with van der Waals surface area (Å²) in [6, 6.07) is 50.9. The van der Waals surface area contributed by atoms with Gasteiger partial charge in [0.1, 0.15) is 5.75 Å². The van der Waals surface area contributed by atoms with E-state index < -0.39 is 0 Å². The Balaban J connectivity index is 1.32. The Hall–Kier alpha value is -5.14. The highest BCUT2D eigenvalue weighted by Crippen LogP contribution is 2.43. The Bertz CT molecular complexity index is 2150. The first-order valence-corrected chi connectivity index (χ1v) is 16.0. The van der Waals surface area contributed by atoms with E-state index in [9.17, 15) is 0 Å². The molecule has 0 fully saturated rings. The van der Waals surface area contributed by atoms with Crippen molar-refractivity contribution in [1.29, 1.82) is 0 Å². The monoisotopic (exact) mass is 582 g/mol. The van der Waals surface area contributed by atoms with Gasteiger partial charge in [-0.2, -0.15) is 0 Å². The lowest BCUT2D eigenvalue weighted by Gasteiger charge is -2.22.